The average molecular weight is 440 g/mol. The summed E-state index contributed by atoms with van der Waals surface area (Å²) >= 11 is 0. The van der Waals surface area contributed by atoms with Crippen molar-refractivity contribution in [2.45, 2.75) is 45.8 Å². The van der Waals surface area contributed by atoms with E-state index < -0.39 is 5.60 Å². The van der Waals surface area contributed by atoms with Crippen molar-refractivity contribution in [3.63, 3.8) is 0 Å². The van der Waals surface area contributed by atoms with E-state index in [9.17, 15) is 9.59 Å². The van der Waals surface area contributed by atoms with Gasteiger partial charge >= 0.3 is 12.1 Å². The number of ether oxygens (including phenoxy) is 3. The highest BCUT2D eigenvalue weighted by atomic mass is 16.6. The molecule has 32 heavy (non-hydrogen) atoms. The molecule has 2 aromatic carbocycles. The summed E-state index contributed by atoms with van der Waals surface area (Å²) in [7, 11) is 1.41. The van der Waals surface area contributed by atoms with Gasteiger partial charge in [-0.05, 0) is 62.8 Å². The van der Waals surface area contributed by atoms with Crippen LogP contribution in [0.25, 0.3) is 0 Å². The van der Waals surface area contributed by atoms with Crippen LogP contribution in [-0.4, -0.2) is 42.8 Å². The Morgan fingerprint density at radius 3 is 2.47 bits per heavy atom. The van der Waals surface area contributed by atoms with Crippen molar-refractivity contribution in [2.75, 3.05) is 20.2 Å². The third-order valence-corrected chi connectivity index (χ3v) is 5.55. The van der Waals surface area contributed by atoms with Gasteiger partial charge in [0.25, 0.3) is 0 Å². The number of hydrogen-bond donors (Lipinski definition) is 0. The molecule has 0 spiro atoms. The molecule has 1 aliphatic heterocycles. The Hall–Kier alpha value is -3.02. The van der Waals surface area contributed by atoms with Crippen LogP contribution in [0.1, 0.15) is 38.3 Å². The molecule has 2 aromatic rings. The molecule has 0 bridgehead atoms. The maximum absolute atomic E-state index is 12.6. The van der Waals surface area contributed by atoms with E-state index in [2.05, 4.69) is 0 Å². The number of likely N-dealkylation sites (tertiary alicyclic amines) is 1. The van der Waals surface area contributed by atoms with E-state index in [1.165, 1.54) is 7.11 Å². The number of esters is 1. The summed E-state index contributed by atoms with van der Waals surface area (Å²) in [4.78, 5) is 26.7. The quantitative estimate of drug-likeness (QED) is 0.577. The molecule has 3 rings (SSSR count). The van der Waals surface area contributed by atoms with Crippen molar-refractivity contribution in [3.8, 4) is 5.75 Å². The molecule has 172 valence electrons. The predicted molar refractivity (Wildman–Crippen MR) is 122 cm³/mol. The molecule has 1 fully saturated rings. The molecule has 1 amide bonds. The van der Waals surface area contributed by atoms with Crippen LogP contribution in [0.3, 0.4) is 0 Å². The molecule has 1 unspecified atom stereocenters. The zero-order chi connectivity index (χ0) is 23.1. The van der Waals surface area contributed by atoms with E-state index in [1.807, 2.05) is 75.4 Å². The highest BCUT2D eigenvalue weighted by Crippen LogP contribution is 2.30. The van der Waals surface area contributed by atoms with Crippen LogP contribution < -0.4 is 4.74 Å². The fourth-order valence-corrected chi connectivity index (χ4v) is 3.96. The molecule has 2 atom stereocenters. The van der Waals surface area contributed by atoms with Gasteiger partial charge in [0, 0.05) is 13.1 Å². The van der Waals surface area contributed by atoms with Crippen molar-refractivity contribution < 1.29 is 23.8 Å². The number of methoxy groups -OCH3 is 1. The van der Waals surface area contributed by atoms with Crippen molar-refractivity contribution in [2.24, 2.45) is 11.8 Å². The van der Waals surface area contributed by atoms with Gasteiger partial charge in [-0.2, -0.15) is 0 Å². The van der Waals surface area contributed by atoms with E-state index in [0.717, 1.165) is 23.3 Å². The minimum absolute atomic E-state index is 0.0175. The van der Waals surface area contributed by atoms with Gasteiger partial charge in [-0.25, -0.2) is 4.79 Å². The van der Waals surface area contributed by atoms with Crippen molar-refractivity contribution in [1.82, 2.24) is 4.90 Å². The van der Waals surface area contributed by atoms with E-state index in [-0.39, 0.29) is 23.9 Å². The van der Waals surface area contributed by atoms with Gasteiger partial charge in [0.15, 0.2) is 0 Å². The van der Waals surface area contributed by atoms with E-state index in [0.29, 0.717) is 26.1 Å². The third kappa shape index (κ3) is 6.74. The summed E-state index contributed by atoms with van der Waals surface area (Å²) in [5.74, 6) is 0.189. The zero-order valence-corrected chi connectivity index (χ0v) is 19.4. The number of amides is 1. The highest BCUT2D eigenvalue weighted by Gasteiger charge is 2.37. The molecule has 1 heterocycles. The molecule has 6 nitrogen and oxygen atoms in total. The standard InChI is InChI=1S/C26H33NO5/c1-26(2,3)32-25(29)27-14-13-21(17-27)23(24(28)30-4)16-20-11-8-12-22(15-20)31-18-19-9-6-5-7-10-19/h5-12,15,21,23H,13-14,16-18H2,1-4H3/t21-,23?/m0/s1. The second kappa shape index (κ2) is 10.5. The van der Waals surface area contributed by atoms with Crippen LogP contribution in [0.15, 0.2) is 54.6 Å². The Bertz CT molecular complexity index is 906. The second-order valence-corrected chi connectivity index (χ2v) is 9.23. The summed E-state index contributed by atoms with van der Waals surface area (Å²) in [6.45, 7) is 7.10. The number of benzene rings is 2. The van der Waals surface area contributed by atoms with Crippen molar-refractivity contribution in [1.29, 1.82) is 0 Å². The maximum atomic E-state index is 12.6. The fraction of sp³-hybridized carbons (Fsp3) is 0.462. The molecule has 0 saturated carbocycles. The summed E-state index contributed by atoms with van der Waals surface area (Å²) in [5, 5.41) is 0. The van der Waals surface area contributed by atoms with E-state index in [4.69, 9.17) is 14.2 Å². The Balaban J connectivity index is 1.65. The molecule has 0 aliphatic carbocycles. The van der Waals surface area contributed by atoms with Crippen LogP contribution in [0.5, 0.6) is 5.75 Å². The lowest BCUT2D eigenvalue weighted by Gasteiger charge is -2.25. The topological polar surface area (TPSA) is 65.1 Å². The molecule has 6 heteroatoms. The van der Waals surface area contributed by atoms with E-state index >= 15 is 0 Å². The van der Waals surface area contributed by atoms with Crippen LogP contribution in [0.4, 0.5) is 4.79 Å². The molecule has 0 radical (unpaired) electrons. The monoisotopic (exact) mass is 439 g/mol. The molecular formula is C26H33NO5. The van der Waals surface area contributed by atoms with Crippen molar-refractivity contribution in [3.05, 3.63) is 65.7 Å². The largest absolute Gasteiger partial charge is 0.489 e. The lowest BCUT2D eigenvalue weighted by atomic mass is 9.86. The third-order valence-electron chi connectivity index (χ3n) is 5.55. The SMILES string of the molecule is COC(=O)C(Cc1cccc(OCc2ccccc2)c1)[C@H]1CCN(C(=O)OC(C)(C)C)C1. The molecule has 1 saturated heterocycles. The Kier molecular flexibility index (Phi) is 7.78. The lowest BCUT2D eigenvalue weighted by Crippen LogP contribution is -2.36. The first-order chi connectivity index (χ1) is 15.2. The normalized spacial score (nSPS) is 17.0. The van der Waals surface area contributed by atoms with Gasteiger partial charge in [-0.3, -0.25) is 4.79 Å². The van der Waals surface area contributed by atoms with Gasteiger partial charge < -0.3 is 19.1 Å². The Morgan fingerprint density at radius 1 is 1.06 bits per heavy atom. The minimum atomic E-state index is -0.545. The number of carbonyl (C=O) groups is 2. The molecule has 0 N–H and O–H groups in total. The maximum Gasteiger partial charge on any atom is 0.410 e. The van der Waals surface area contributed by atoms with Crippen LogP contribution in [0, 0.1) is 11.8 Å². The fourth-order valence-electron chi connectivity index (χ4n) is 3.96. The molecule has 1 aliphatic rings. The first kappa shape index (κ1) is 23.6. The van der Waals surface area contributed by atoms with Gasteiger partial charge in [-0.1, -0.05) is 42.5 Å². The van der Waals surface area contributed by atoms with E-state index in [1.54, 1.807) is 4.90 Å². The smallest absolute Gasteiger partial charge is 0.410 e. The second-order valence-electron chi connectivity index (χ2n) is 9.23. The Labute approximate surface area is 190 Å². The number of hydrogen-bond acceptors (Lipinski definition) is 5. The first-order valence-electron chi connectivity index (χ1n) is 11.1. The minimum Gasteiger partial charge on any atom is -0.489 e. The summed E-state index contributed by atoms with van der Waals surface area (Å²) in [6.07, 6.45) is 0.936. The number of rotatable bonds is 7. The lowest BCUT2D eigenvalue weighted by molar-refractivity contribution is -0.147. The number of carbonyl (C=O) groups excluding carboxylic acids is 2. The zero-order valence-electron chi connectivity index (χ0n) is 19.4. The summed E-state index contributed by atoms with van der Waals surface area (Å²) < 4.78 is 16.5. The van der Waals surface area contributed by atoms with Crippen molar-refractivity contribution >= 4 is 12.1 Å². The van der Waals surface area contributed by atoms with Gasteiger partial charge in [0.05, 0.1) is 13.0 Å². The van der Waals surface area contributed by atoms with Crippen LogP contribution >= 0.6 is 0 Å². The van der Waals surface area contributed by atoms with Crippen LogP contribution in [0.2, 0.25) is 0 Å². The highest BCUT2D eigenvalue weighted by molar-refractivity contribution is 5.74. The van der Waals surface area contributed by atoms with Gasteiger partial charge in [-0.15, -0.1) is 0 Å². The predicted octanol–water partition coefficient (Wildman–Crippen LogP) is 4.85. The summed E-state index contributed by atoms with van der Waals surface area (Å²) in [5.41, 5.74) is 1.55. The van der Waals surface area contributed by atoms with Gasteiger partial charge in [0.1, 0.15) is 18.0 Å². The molecular weight excluding hydrogens is 406 g/mol. The molecule has 0 aromatic heterocycles. The first-order valence-corrected chi connectivity index (χ1v) is 11.1. The average Bonchev–Trinajstić information content (AvgIpc) is 3.26. The van der Waals surface area contributed by atoms with Crippen LogP contribution in [-0.2, 0) is 27.3 Å². The number of nitrogens with zero attached hydrogens (tertiary/aromatic N) is 1. The summed E-state index contributed by atoms with van der Waals surface area (Å²) in [6, 6.07) is 17.8. The van der Waals surface area contributed by atoms with Gasteiger partial charge in [0.2, 0.25) is 0 Å². The Morgan fingerprint density at radius 2 is 1.78 bits per heavy atom.